The highest BCUT2D eigenvalue weighted by Crippen LogP contribution is 2.24. The average Bonchev–Trinajstić information content (AvgIpc) is 2.88. The van der Waals surface area contributed by atoms with E-state index in [-0.39, 0.29) is 0 Å². The van der Waals surface area contributed by atoms with E-state index in [0.29, 0.717) is 5.75 Å². The quantitative estimate of drug-likeness (QED) is 0.659. The molecule has 0 aliphatic rings. The van der Waals surface area contributed by atoms with Gasteiger partial charge >= 0.3 is 0 Å². The third-order valence-electron chi connectivity index (χ3n) is 4.70. The molecule has 0 radical (unpaired) electrons. The molecule has 0 atom stereocenters. The maximum absolute atomic E-state index is 9.74. The van der Waals surface area contributed by atoms with Crippen LogP contribution in [0.25, 0.3) is 10.9 Å². The summed E-state index contributed by atoms with van der Waals surface area (Å²) in [6, 6.07) is 5.59. The molecule has 2 N–H and O–H groups in total. The number of nitrogens with zero attached hydrogens (tertiary/aromatic N) is 1. The Kier molecular flexibility index (Phi) is 5.90. The van der Waals surface area contributed by atoms with Crippen molar-refractivity contribution in [1.82, 2.24) is 4.98 Å². The van der Waals surface area contributed by atoms with Crippen molar-refractivity contribution in [2.24, 2.45) is 0 Å². The Morgan fingerprint density at radius 1 is 0.955 bits per heavy atom. The van der Waals surface area contributed by atoms with Crippen molar-refractivity contribution in [3.63, 3.8) is 0 Å². The van der Waals surface area contributed by atoms with Crippen LogP contribution in [0.3, 0.4) is 0 Å². The predicted octanol–water partition coefficient (Wildman–Crippen LogP) is 4.46. The molecule has 1 aromatic heterocycles. The fourth-order valence-electron chi connectivity index (χ4n) is 3.82. The Morgan fingerprint density at radius 3 is 2.18 bits per heavy atom. The molecule has 3 heteroatoms. The smallest absolute Gasteiger partial charge is 0.116 e. The van der Waals surface area contributed by atoms with Crippen molar-refractivity contribution in [3.05, 3.63) is 30.0 Å². The van der Waals surface area contributed by atoms with Crippen LogP contribution in [-0.4, -0.2) is 40.8 Å². The molecule has 0 saturated heterocycles. The molecule has 2 aromatic rings. The first kappa shape index (κ1) is 16.9. The molecule has 1 heterocycles. The monoisotopic (exact) mass is 303 g/mol. The zero-order valence-electron chi connectivity index (χ0n) is 14.4. The summed E-state index contributed by atoms with van der Waals surface area (Å²) < 4.78 is 1.23. The van der Waals surface area contributed by atoms with E-state index in [1.54, 1.807) is 6.07 Å². The lowest BCUT2D eigenvalue weighted by molar-refractivity contribution is -0.928. The van der Waals surface area contributed by atoms with Gasteiger partial charge in [-0.2, -0.15) is 0 Å². The van der Waals surface area contributed by atoms with Gasteiger partial charge in [0.2, 0.25) is 0 Å². The predicted molar refractivity (Wildman–Crippen MR) is 94.3 cm³/mol. The maximum Gasteiger partial charge on any atom is 0.116 e. The van der Waals surface area contributed by atoms with Crippen LogP contribution >= 0.6 is 0 Å². The van der Waals surface area contributed by atoms with Crippen LogP contribution in [0.4, 0.5) is 0 Å². The Balaban J connectivity index is 2.17. The van der Waals surface area contributed by atoms with Gasteiger partial charge in [-0.1, -0.05) is 20.8 Å². The minimum absolute atomic E-state index is 0.352. The highest BCUT2D eigenvalue weighted by atomic mass is 16.3. The van der Waals surface area contributed by atoms with Gasteiger partial charge in [0, 0.05) is 23.5 Å². The van der Waals surface area contributed by atoms with Crippen LogP contribution in [0.2, 0.25) is 0 Å². The van der Waals surface area contributed by atoms with Crippen molar-refractivity contribution in [2.75, 3.05) is 26.2 Å². The molecule has 22 heavy (non-hydrogen) atoms. The lowest BCUT2D eigenvalue weighted by atomic mass is 10.1. The number of rotatable bonds is 9. The third-order valence-corrected chi connectivity index (χ3v) is 4.70. The number of H-pyrrole nitrogens is 1. The van der Waals surface area contributed by atoms with Crippen molar-refractivity contribution in [3.8, 4) is 5.75 Å². The Bertz CT molecular complexity index is 571. The van der Waals surface area contributed by atoms with Gasteiger partial charge < -0.3 is 14.6 Å². The van der Waals surface area contributed by atoms with Crippen LogP contribution in [0.5, 0.6) is 5.75 Å². The van der Waals surface area contributed by atoms with Crippen LogP contribution in [0.15, 0.2) is 24.4 Å². The van der Waals surface area contributed by atoms with Crippen LogP contribution in [0.1, 0.15) is 45.6 Å². The highest BCUT2D eigenvalue weighted by molar-refractivity contribution is 5.84. The first-order chi connectivity index (χ1) is 10.6. The molecule has 0 spiro atoms. The second-order valence-corrected chi connectivity index (χ2v) is 6.53. The van der Waals surface area contributed by atoms with E-state index >= 15 is 0 Å². The normalized spacial score (nSPS) is 12.1. The number of hydrogen-bond donors (Lipinski definition) is 2. The number of fused-ring (bicyclic) bond motifs is 1. The first-order valence-corrected chi connectivity index (χ1v) is 8.78. The number of aromatic nitrogens is 1. The number of aromatic hydroxyl groups is 1. The van der Waals surface area contributed by atoms with Gasteiger partial charge in [-0.3, -0.25) is 0 Å². The summed E-state index contributed by atoms with van der Waals surface area (Å²) in [7, 11) is 0. The molecule has 0 saturated carbocycles. The molecule has 2 rings (SSSR count). The molecule has 0 fully saturated rings. The summed E-state index contributed by atoms with van der Waals surface area (Å²) in [5, 5.41) is 10.9. The lowest BCUT2D eigenvalue weighted by Crippen LogP contribution is -2.51. The second kappa shape index (κ2) is 7.68. The fourth-order valence-corrected chi connectivity index (χ4v) is 3.82. The van der Waals surface area contributed by atoms with Gasteiger partial charge in [0.15, 0.2) is 0 Å². The topological polar surface area (TPSA) is 36.0 Å². The van der Waals surface area contributed by atoms with E-state index in [4.69, 9.17) is 0 Å². The third kappa shape index (κ3) is 3.83. The van der Waals surface area contributed by atoms with Gasteiger partial charge in [-0.15, -0.1) is 0 Å². The van der Waals surface area contributed by atoms with E-state index in [2.05, 4.69) is 32.0 Å². The molecular weight excluding hydrogens is 272 g/mol. The molecular formula is C19H31N2O+. The van der Waals surface area contributed by atoms with Crippen LogP contribution in [-0.2, 0) is 6.42 Å². The Morgan fingerprint density at radius 2 is 1.59 bits per heavy atom. The molecule has 0 bridgehead atoms. The number of phenolic OH excluding ortho intramolecular Hbond substituents is 1. The summed E-state index contributed by atoms with van der Waals surface area (Å²) in [5.74, 6) is 0.352. The van der Waals surface area contributed by atoms with E-state index in [9.17, 15) is 5.11 Å². The summed E-state index contributed by atoms with van der Waals surface area (Å²) in [6.07, 6.45) is 6.92. The molecule has 0 aliphatic carbocycles. The second-order valence-electron chi connectivity index (χ2n) is 6.53. The highest BCUT2D eigenvalue weighted by Gasteiger charge is 2.24. The van der Waals surface area contributed by atoms with Gasteiger partial charge in [-0.25, -0.2) is 0 Å². The van der Waals surface area contributed by atoms with Crippen molar-refractivity contribution < 1.29 is 9.59 Å². The summed E-state index contributed by atoms with van der Waals surface area (Å²) >= 11 is 0. The fraction of sp³-hybridized carbons (Fsp3) is 0.579. The van der Waals surface area contributed by atoms with E-state index in [0.717, 1.165) is 11.9 Å². The van der Waals surface area contributed by atoms with Gasteiger partial charge in [0.25, 0.3) is 0 Å². The van der Waals surface area contributed by atoms with E-state index in [1.165, 1.54) is 60.9 Å². The SMILES string of the molecule is CCC[N+](CCC)(CCC)CCc1c[nH]c2ccc(O)cc12. The van der Waals surface area contributed by atoms with Crippen molar-refractivity contribution in [1.29, 1.82) is 0 Å². The Hall–Kier alpha value is -1.48. The number of quaternary nitrogens is 1. The zero-order valence-corrected chi connectivity index (χ0v) is 14.4. The van der Waals surface area contributed by atoms with Gasteiger partial charge in [-0.05, 0) is 43.0 Å². The van der Waals surface area contributed by atoms with E-state index in [1.807, 2.05) is 12.1 Å². The number of hydrogen-bond acceptors (Lipinski definition) is 1. The van der Waals surface area contributed by atoms with Crippen LogP contribution in [0, 0.1) is 0 Å². The number of benzene rings is 1. The van der Waals surface area contributed by atoms with Crippen molar-refractivity contribution in [2.45, 2.75) is 46.5 Å². The number of aromatic amines is 1. The van der Waals surface area contributed by atoms with Gasteiger partial charge in [0.05, 0.1) is 26.2 Å². The molecule has 0 aliphatic heterocycles. The minimum Gasteiger partial charge on any atom is -0.508 e. The number of nitrogens with one attached hydrogen (secondary N) is 1. The molecule has 122 valence electrons. The molecule has 3 nitrogen and oxygen atoms in total. The average molecular weight is 303 g/mol. The standard InChI is InChI=1S/C19H30N2O/c1-4-10-21(11-5-2,12-6-3)13-9-16-15-20-19-8-7-17(22)14-18(16)19/h7-8,14-15,20H,4-6,9-13H2,1-3H3/p+1. The summed E-state index contributed by atoms with van der Waals surface area (Å²) in [6.45, 7) is 11.9. The molecule has 0 amide bonds. The van der Waals surface area contributed by atoms with Crippen LogP contribution < -0.4 is 0 Å². The van der Waals surface area contributed by atoms with E-state index < -0.39 is 0 Å². The Labute approximate surface area is 134 Å². The maximum atomic E-state index is 9.74. The first-order valence-electron chi connectivity index (χ1n) is 8.78. The minimum atomic E-state index is 0.352. The molecule has 1 aromatic carbocycles. The molecule has 0 unspecified atom stereocenters. The number of phenols is 1. The van der Waals surface area contributed by atoms with Crippen molar-refractivity contribution >= 4 is 10.9 Å². The summed E-state index contributed by atoms with van der Waals surface area (Å²) in [5.41, 5.74) is 2.45. The zero-order chi connectivity index (χ0) is 16.0. The van der Waals surface area contributed by atoms with Gasteiger partial charge in [0.1, 0.15) is 5.75 Å². The largest absolute Gasteiger partial charge is 0.508 e. The lowest BCUT2D eigenvalue weighted by Gasteiger charge is -2.38. The summed E-state index contributed by atoms with van der Waals surface area (Å²) in [4.78, 5) is 3.33.